The lowest BCUT2D eigenvalue weighted by atomic mass is 10.1. The van der Waals surface area contributed by atoms with Crippen molar-refractivity contribution < 1.29 is 4.79 Å². The zero-order chi connectivity index (χ0) is 12.1. The molecular weight excluding hydrogens is 210 g/mol. The third-order valence-corrected chi connectivity index (χ3v) is 2.63. The number of hydrogen-bond acceptors (Lipinski definition) is 1. The molecule has 0 aromatic heterocycles. The molecule has 85 valence electrons. The second-order valence-electron chi connectivity index (χ2n) is 3.91. The summed E-state index contributed by atoms with van der Waals surface area (Å²) in [7, 11) is 0. The van der Waals surface area contributed by atoms with Gasteiger partial charge in [0.15, 0.2) is 0 Å². The fourth-order valence-corrected chi connectivity index (χ4v) is 1.64. The molecule has 2 aromatic carbocycles. The summed E-state index contributed by atoms with van der Waals surface area (Å²) < 4.78 is 0. The van der Waals surface area contributed by atoms with E-state index in [9.17, 15) is 4.79 Å². The van der Waals surface area contributed by atoms with E-state index in [1.807, 2.05) is 55.5 Å². The van der Waals surface area contributed by atoms with Gasteiger partial charge in [-0.25, -0.2) is 0 Å². The monoisotopic (exact) mass is 224 g/mol. The van der Waals surface area contributed by atoms with E-state index in [0.29, 0.717) is 6.54 Å². The van der Waals surface area contributed by atoms with Crippen LogP contribution in [0.3, 0.4) is 0 Å². The van der Waals surface area contributed by atoms with Crippen LogP contribution in [0.1, 0.15) is 21.5 Å². The van der Waals surface area contributed by atoms with Gasteiger partial charge in [-0.1, -0.05) is 42.5 Å². The van der Waals surface area contributed by atoms with Gasteiger partial charge in [-0.05, 0) is 30.2 Å². The van der Waals surface area contributed by atoms with Crippen molar-refractivity contribution in [2.45, 2.75) is 13.5 Å². The molecule has 0 aliphatic heterocycles. The molecule has 0 unspecified atom stereocenters. The summed E-state index contributed by atoms with van der Waals surface area (Å²) in [4.78, 5) is 11.9. The highest BCUT2D eigenvalue weighted by Gasteiger charge is 2.06. The van der Waals surface area contributed by atoms with Gasteiger partial charge >= 0.3 is 0 Å². The topological polar surface area (TPSA) is 29.1 Å². The molecule has 0 aliphatic carbocycles. The Balaban J connectivity index is 2.01. The first kappa shape index (κ1) is 11.4. The Morgan fingerprint density at radius 3 is 2.59 bits per heavy atom. The van der Waals surface area contributed by atoms with Gasteiger partial charge in [-0.15, -0.1) is 0 Å². The molecule has 0 fully saturated rings. The van der Waals surface area contributed by atoms with Crippen molar-refractivity contribution >= 4 is 5.91 Å². The molecule has 2 aromatic rings. The van der Waals surface area contributed by atoms with Crippen LogP contribution in [0.2, 0.25) is 0 Å². The van der Waals surface area contributed by atoms with E-state index in [1.54, 1.807) is 0 Å². The molecule has 0 atom stereocenters. The van der Waals surface area contributed by atoms with Gasteiger partial charge in [-0.3, -0.25) is 4.79 Å². The lowest BCUT2D eigenvalue weighted by Crippen LogP contribution is -2.23. The fourth-order valence-electron chi connectivity index (χ4n) is 1.64. The molecule has 17 heavy (non-hydrogen) atoms. The summed E-state index contributed by atoms with van der Waals surface area (Å²) in [6.07, 6.45) is 0. The van der Waals surface area contributed by atoms with Crippen molar-refractivity contribution in [1.82, 2.24) is 5.32 Å². The molecule has 2 rings (SSSR count). The van der Waals surface area contributed by atoms with Gasteiger partial charge in [0.2, 0.25) is 0 Å². The number of hydrogen-bond donors (Lipinski definition) is 1. The Hall–Kier alpha value is -2.09. The first-order valence-electron chi connectivity index (χ1n) is 5.56. The summed E-state index contributed by atoms with van der Waals surface area (Å²) in [5, 5.41) is 2.90. The van der Waals surface area contributed by atoms with E-state index in [-0.39, 0.29) is 5.91 Å². The number of carbonyl (C=O) groups excluding carboxylic acids is 1. The molecule has 0 heterocycles. The van der Waals surface area contributed by atoms with Crippen LogP contribution in [0.25, 0.3) is 0 Å². The summed E-state index contributed by atoms with van der Waals surface area (Å²) >= 11 is 0. The zero-order valence-electron chi connectivity index (χ0n) is 9.73. The van der Waals surface area contributed by atoms with Gasteiger partial charge in [0.25, 0.3) is 5.91 Å². The van der Waals surface area contributed by atoms with Crippen molar-refractivity contribution in [3.05, 3.63) is 71.3 Å². The number of nitrogens with one attached hydrogen (secondary N) is 1. The highest BCUT2D eigenvalue weighted by Crippen LogP contribution is 2.07. The molecule has 1 amide bonds. The van der Waals surface area contributed by atoms with Crippen LogP contribution in [0.4, 0.5) is 0 Å². The van der Waals surface area contributed by atoms with Crippen molar-refractivity contribution in [2.24, 2.45) is 0 Å². The molecule has 0 bridgehead atoms. The van der Waals surface area contributed by atoms with E-state index < -0.39 is 0 Å². The van der Waals surface area contributed by atoms with E-state index >= 15 is 0 Å². The predicted octanol–water partition coefficient (Wildman–Crippen LogP) is 2.73. The van der Waals surface area contributed by atoms with Crippen molar-refractivity contribution in [3.8, 4) is 0 Å². The van der Waals surface area contributed by atoms with Gasteiger partial charge in [0, 0.05) is 12.1 Å². The molecule has 0 saturated carbocycles. The Bertz CT molecular complexity index is 505. The Labute approximate surface area is 101 Å². The quantitative estimate of drug-likeness (QED) is 0.853. The second kappa shape index (κ2) is 5.30. The zero-order valence-corrected chi connectivity index (χ0v) is 9.73. The maximum Gasteiger partial charge on any atom is 0.251 e. The summed E-state index contributed by atoms with van der Waals surface area (Å²) in [5.41, 5.74) is 2.80. The molecule has 1 N–H and O–H groups in total. The van der Waals surface area contributed by atoms with Crippen LogP contribution < -0.4 is 5.32 Å². The van der Waals surface area contributed by atoms with Crippen molar-refractivity contribution in [2.75, 3.05) is 0 Å². The lowest BCUT2D eigenvalue weighted by Gasteiger charge is -2.07. The third-order valence-electron chi connectivity index (χ3n) is 2.63. The Kier molecular flexibility index (Phi) is 3.55. The highest BCUT2D eigenvalue weighted by molar-refractivity contribution is 5.95. The van der Waals surface area contributed by atoms with Crippen molar-refractivity contribution in [3.63, 3.8) is 0 Å². The minimum Gasteiger partial charge on any atom is -0.348 e. The number of aryl methyl sites for hydroxylation is 1. The molecule has 2 nitrogen and oxygen atoms in total. The fraction of sp³-hybridized carbons (Fsp3) is 0.133. The number of benzene rings is 2. The smallest absolute Gasteiger partial charge is 0.251 e. The van der Waals surface area contributed by atoms with Crippen molar-refractivity contribution in [1.29, 1.82) is 0 Å². The largest absolute Gasteiger partial charge is 0.348 e. The van der Waals surface area contributed by atoms with Gasteiger partial charge < -0.3 is 5.32 Å². The Morgan fingerprint density at radius 2 is 1.88 bits per heavy atom. The van der Waals surface area contributed by atoms with E-state index in [1.165, 1.54) is 0 Å². The van der Waals surface area contributed by atoms with Crippen LogP contribution >= 0.6 is 0 Å². The maximum atomic E-state index is 11.9. The van der Waals surface area contributed by atoms with Crippen LogP contribution in [-0.2, 0) is 6.54 Å². The molecule has 0 aliphatic rings. The third kappa shape index (κ3) is 2.94. The first-order chi connectivity index (χ1) is 8.27. The molecule has 0 saturated heterocycles. The van der Waals surface area contributed by atoms with Gasteiger partial charge in [0.05, 0.1) is 0 Å². The molecular formula is C15H14NO. The standard InChI is InChI=1S/C15H14NO/c1-12-7-5-6-10-14(12)15(17)16-11-13-8-3-2-4-9-13/h3-10H,11H2,1H3,(H,16,17). The minimum atomic E-state index is -0.0315. The number of amides is 1. The summed E-state index contributed by atoms with van der Waals surface area (Å²) in [5.74, 6) is -0.0315. The molecule has 1 radical (unpaired) electrons. The highest BCUT2D eigenvalue weighted by atomic mass is 16.1. The van der Waals surface area contributed by atoms with Crippen LogP contribution in [0.15, 0.2) is 48.5 Å². The normalized spacial score (nSPS) is 9.94. The second-order valence-corrected chi connectivity index (χ2v) is 3.91. The first-order valence-corrected chi connectivity index (χ1v) is 5.56. The average Bonchev–Trinajstić information content (AvgIpc) is 2.38. The number of carbonyl (C=O) groups is 1. The molecule has 2 heteroatoms. The van der Waals surface area contributed by atoms with Crippen LogP contribution in [-0.4, -0.2) is 5.91 Å². The van der Waals surface area contributed by atoms with Crippen LogP contribution in [0.5, 0.6) is 0 Å². The lowest BCUT2D eigenvalue weighted by molar-refractivity contribution is 0.0950. The minimum absolute atomic E-state index is 0.0315. The summed E-state index contributed by atoms with van der Waals surface area (Å²) in [6.45, 7) is 2.48. The van der Waals surface area contributed by atoms with Crippen LogP contribution in [0, 0.1) is 13.0 Å². The van der Waals surface area contributed by atoms with Gasteiger partial charge in [0.1, 0.15) is 0 Å². The predicted molar refractivity (Wildman–Crippen MR) is 67.6 cm³/mol. The maximum absolute atomic E-state index is 11.9. The SMILES string of the molecule is Cc1ccccc1C(=O)NCc1cc[c]cc1. The number of rotatable bonds is 3. The summed E-state index contributed by atoms with van der Waals surface area (Å²) in [6, 6.07) is 18.1. The van der Waals surface area contributed by atoms with E-state index in [2.05, 4.69) is 11.4 Å². The molecule has 0 spiro atoms. The van der Waals surface area contributed by atoms with E-state index in [0.717, 1.165) is 16.7 Å². The average molecular weight is 224 g/mol. The Morgan fingerprint density at radius 1 is 1.18 bits per heavy atom. The van der Waals surface area contributed by atoms with E-state index in [4.69, 9.17) is 0 Å². The van der Waals surface area contributed by atoms with Gasteiger partial charge in [-0.2, -0.15) is 0 Å².